The Labute approximate surface area is 139 Å². The molecule has 2 saturated heterocycles. The van der Waals surface area contributed by atoms with Crippen LogP contribution in [0.4, 0.5) is 0 Å². The van der Waals surface area contributed by atoms with E-state index < -0.39 is 11.4 Å². The van der Waals surface area contributed by atoms with Crippen LogP contribution in [0.25, 0.3) is 10.8 Å². The van der Waals surface area contributed by atoms with Crippen LogP contribution in [-0.4, -0.2) is 53.2 Å². The highest BCUT2D eigenvalue weighted by Gasteiger charge is 2.57. The van der Waals surface area contributed by atoms with Gasteiger partial charge in [0.25, 0.3) is 0 Å². The minimum absolute atomic E-state index is 0.0526. The summed E-state index contributed by atoms with van der Waals surface area (Å²) in [6, 6.07) is 7.82. The lowest BCUT2D eigenvalue weighted by molar-refractivity contribution is -0.149. The van der Waals surface area contributed by atoms with E-state index in [1.807, 2.05) is 24.3 Å². The largest absolute Gasteiger partial charge is 0.481 e. The zero-order chi connectivity index (χ0) is 16.7. The summed E-state index contributed by atoms with van der Waals surface area (Å²) in [6.07, 6.45) is 3.73. The Hall–Kier alpha value is -2.47. The molecular formula is C18H18N2O4. The average Bonchev–Trinajstić information content (AvgIpc) is 3.13. The molecule has 2 aliphatic heterocycles. The molecule has 24 heavy (non-hydrogen) atoms. The van der Waals surface area contributed by atoms with Gasteiger partial charge in [0.15, 0.2) is 0 Å². The van der Waals surface area contributed by atoms with E-state index in [9.17, 15) is 14.7 Å². The van der Waals surface area contributed by atoms with Gasteiger partial charge in [0, 0.05) is 36.8 Å². The van der Waals surface area contributed by atoms with Gasteiger partial charge in [0.05, 0.1) is 19.6 Å². The standard InChI is InChI=1S/C18H18N2O4/c21-16(5-13-7-19-6-12-3-1-2-4-15(12)13)20-8-14-9-24-11-18(14,10-20)17(22)23/h1-4,6-7,14H,5,8-11H2,(H,22,23)/t14-,18-/m1/s1. The highest BCUT2D eigenvalue weighted by atomic mass is 16.5. The number of aliphatic carboxylic acids is 1. The number of benzene rings is 1. The minimum atomic E-state index is -0.938. The molecule has 1 N–H and O–H groups in total. The van der Waals surface area contributed by atoms with Gasteiger partial charge in [0.1, 0.15) is 5.41 Å². The quantitative estimate of drug-likeness (QED) is 0.921. The summed E-state index contributed by atoms with van der Waals surface area (Å²) >= 11 is 0. The maximum Gasteiger partial charge on any atom is 0.314 e. The Bertz CT molecular complexity index is 816. The number of carboxylic acids is 1. The lowest BCUT2D eigenvalue weighted by Gasteiger charge is -2.22. The van der Waals surface area contributed by atoms with Gasteiger partial charge in [0.2, 0.25) is 5.91 Å². The first-order chi connectivity index (χ1) is 11.6. The van der Waals surface area contributed by atoms with Crippen molar-refractivity contribution in [3.05, 3.63) is 42.2 Å². The number of fused-ring (bicyclic) bond motifs is 2. The molecule has 0 saturated carbocycles. The van der Waals surface area contributed by atoms with Crippen LogP contribution in [0.3, 0.4) is 0 Å². The Kier molecular flexibility index (Phi) is 3.49. The summed E-state index contributed by atoms with van der Waals surface area (Å²) < 4.78 is 5.35. The summed E-state index contributed by atoms with van der Waals surface area (Å²) in [4.78, 5) is 30.3. The second kappa shape index (κ2) is 5.56. The molecule has 3 heterocycles. The predicted octanol–water partition coefficient (Wildman–Crippen LogP) is 1.34. The van der Waals surface area contributed by atoms with Crippen molar-refractivity contribution < 1.29 is 19.4 Å². The zero-order valence-electron chi connectivity index (χ0n) is 13.1. The molecule has 0 spiro atoms. The summed E-state index contributed by atoms with van der Waals surface area (Å²) in [6.45, 7) is 1.27. The molecule has 6 heteroatoms. The van der Waals surface area contributed by atoms with E-state index in [1.54, 1.807) is 17.3 Å². The van der Waals surface area contributed by atoms with Crippen LogP contribution in [0.5, 0.6) is 0 Å². The number of rotatable bonds is 3. The summed E-state index contributed by atoms with van der Waals surface area (Å²) in [7, 11) is 0. The van der Waals surface area contributed by atoms with Gasteiger partial charge < -0.3 is 14.7 Å². The lowest BCUT2D eigenvalue weighted by atomic mass is 9.81. The SMILES string of the molecule is O=C(Cc1cncc2ccccc12)N1C[C@@H]2COC[C@]2(C(=O)O)C1. The number of nitrogens with zero attached hydrogens (tertiary/aromatic N) is 2. The van der Waals surface area contributed by atoms with Gasteiger partial charge in [-0.05, 0) is 10.9 Å². The first-order valence-corrected chi connectivity index (χ1v) is 8.01. The first-order valence-electron chi connectivity index (χ1n) is 8.01. The van der Waals surface area contributed by atoms with Crippen molar-refractivity contribution in [3.63, 3.8) is 0 Å². The summed E-state index contributed by atoms with van der Waals surface area (Å²) in [5.74, 6) is -1.04. The third-order valence-corrected chi connectivity index (χ3v) is 5.24. The van der Waals surface area contributed by atoms with E-state index in [4.69, 9.17) is 4.74 Å². The number of ether oxygens (including phenoxy) is 1. The third kappa shape index (κ3) is 2.26. The van der Waals surface area contributed by atoms with E-state index in [0.717, 1.165) is 16.3 Å². The molecule has 2 atom stereocenters. The van der Waals surface area contributed by atoms with Crippen molar-refractivity contribution in [1.29, 1.82) is 0 Å². The van der Waals surface area contributed by atoms with E-state index in [0.29, 0.717) is 13.2 Å². The maximum atomic E-state index is 12.7. The van der Waals surface area contributed by atoms with Gasteiger partial charge in [-0.1, -0.05) is 24.3 Å². The van der Waals surface area contributed by atoms with E-state index in [2.05, 4.69) is 4.98 Å². The Balaban J connectivity index is 1.56. The number of amides is 1. The Morgan fingerprint density at radius 3 is 2.96 bits per heavy atom. The van der Waals surface area contributed by atoms with E-state index in [1.165, 1.54) is 0 Å². The number of carbonyl (C=O) groups excluding carboxylic acids is 1. The van der Waals surface area contributed by atoms with Crippen molar-refractivity contribution in [2.45, 2.75) is 6.42 Å². The molecule has 2 aromatic rings. The highest BCUT2D eigenvalue weighted by Crippen LogP contribution is 2.41. The molecule has 4 rings (SSSR count). The highest BCUT2D eigenvalue weighted by molar-refractivity contribution is 5.90. The van der Waals surface area contributed by atoms with Crippen molar-refractivity contribution >= 4 is 22.6 Å². The van der Waals surface area contributed by atoms with Crippen LogP contribution in [0.15, 0.2) is 36.7 Å². The number of aromatic nitrogens is 1. The number of carboxylic acid groups (broad SMARTS) is 1. The number of carbonyl (C=O) groups is 2. The Morgan fingerprint density at radius 1 is 1.33 bits per heavy atom. The average molecular weight is 326 g/mol. The van der Waals surface area contributed by atoms with Crippen LogP contribution >= 0.6 is 0 Å². The first kappa shape index (κ1) is 15.1. The molecule has 2 fully saturated rings. The second-order valence-electron chi connectivity index (χ2n) is 6.64. The fourth-order valence-electron chi connectivity index (χ4n) is 3.82. The summed E-state index contributed by atoms with van der Waals surface area (Å²) in [5, 5.41) is 11.6. The molecule has 0 bridgehead atoms. The van der Waals surface area contributed by atoms with Crippen LogP contribution in [0.1, 0.15) is 5.56 Å². The van der Waals surface area contributed by atoms with Gasteiger partial charge in [-0.25, -0.2) is 0 Å². The number of hydrogen-bond acceptors (Lipinski definition) is 4. The van der Waals surface area contributed by atoms with Crippen LogP contribution in [0.2, 0.25) is 0 Å². The molecule has 0 unspecified atom stereocenters. The molecule has 124 valence electrons. The Morgan fingerprint density at radius 2 is 2.17 bits per heavy atom. The fraction of sp³-hybridized carbons (Fsp3) is 0.389. The van der Waals surface area contributed by atoms with Crippen molar-refractivity contribution in [2.24, 2.45) is 11.3 Å². The molecule has 2 aliphatic rings. The summed E-state index contributed by atoms with van der Waals surface area (Å²) in [5.41, 5.74) is -0.0667. The van der Waals surface area contributed by atoms with Crippen molar-refractivity contribution in [3.8, 4) is 0 Å². The molecule has 0 aliphatic carbocycles. The molecule has 1 amide bonds. The predicted molar refractivity (Wildman–Crippen MR) is 86.4 cm³/mol. The van der Waals surface area contributed by atoms with E-state index in [-0.39, 0.29) is 31.4 Å². The smallest absolute Gasteiger partial charge is 0.314 e. The van der Waals surface area contributed by atoms with Crippen molar-refractivity contribution in [2.75, 3.05) is 26.3 Å². The number of pyridine rings is 1. The van der Waals surface area contributed by atoms with Gasteiger partial charge in [-0.15, -0.1) is 0 Å². The molecule has 1 aromatic carbocycles. The third-order valence-electron chi connectivity index (χ3n) is 5.24. The molecule has 6 nitrogen and oxygen atoms in total. The van der Waals surface area contributed by atoms with Crippen molar-refractivity contribution in [1.82, 2.24) is 9.88 Å². The van der Waals surface area contributed by atoms with Gasteiger partial charge in [-0.2, -0.15) is 0 Å². The number of likely N-dealkylation sites (tertiary alicyclic amines) is 1. The maximum absolute atomic E-state index is 12.7. The molecular weight excluding hydrogens is 308 g/mol. The number of hydrogen-bond donors (Lipinski definition) is 1. The van der Waals surface area contributed by atoms with E-state index >= 15 is 0 Å². The van der Waals surface area contributed by atoms with Crippen LogP contribution < -0.4 is 0 Å². The van der Waals surface area contributed by atoms with Crippen LogP contribution in [0, 0.1) is 11.3 Å². The van der Waals surface area contributed by atoms with Gasteiger partial charge in [-0.3, -0.25) is 14.6 Å². The lowest BCUT2D eigenvalue weighted by Crippen LogP contribution is -2.40. The van der Waals surface area contributed by atoms with Crippen LogP contribution in [-0.2, 0) is 20.7 Å². The minimum Gasteiger partial charge on any atom is -0.481 e. The normalized spacial score (nSPS) is 25.8. The fourth-order valence-corrected chi connectivity index (χ4v) is 3.82. The second-order valence-corrected chi connectivity index (χ2v) is 6.64. The molecule has 1 aromatic heterocycles. The monoisotopic (exact) mass is 326 g/mol. The molecule has 0 radical (unpaired) electrons. The topological polar surface area (TPSA) is 79.7 Å². The zero-order valence-corrected chi connectivity index (χ0v) is 13.1. The van der Waals surface area contributed by atoms with Gasteiger partial charge >= 0.3 is 5.97 Å².